The minimum atomic E-state index is -4.88. The fraction of sp³-hybridized carbons (Fsp3) is 0.684. The summed E-state index contributed by atoms with van der Waals surface area (Å²) in [6.07, 6.45) is 7.22. The molecule has 2 fully saturated rings. The van der Waals surface area contributed by atoms with Crippen molar-refractivity contribution in [2.75, 3.05) is 37.6 Å². The maximum absolute atomic E-state index is 12.8. The molecular weight excluding hydrogens is 404 g/mol. The van der Waals surface area contributed by atoms with E-state index in [1.807, 2.05) is 4.90 Å². The number of alkyl halides is 2. The molecule has 0 atom stereocenters. The molecule has 0 unspecified atom stereocenters. The Morgan fingerprint density at radius 2 is 1.79 bits per heavy atom. The maximum Gasteiger partial charge on any atom is 0.341 e. The molecule has 0 aromatic heterocycles. The van der Waals surface area contributed by atoms with Gasteiger partial charge in [-0.1, -0.05) is 19.3 Å². The van der Waals surface area contributed by atoms with E-state index in [1.54, 1.807) is 0 Å². The lowest BCUT2D eigenvalue weighted by atomic mass is 9.89. The normalized spacial score (nSPS) is 20.0. The fourth-order valence-corrected chi connectivity index (χ4v) is 5.07. The lowest BCUT2D eigenvalue weighted by Crippen LogP contribution is -2.34. The van der Waals surface area contributed by atoms with Crippen molar-refractivity contribution in [3.8, 4) is 0 Å². The van der Waals surface area contributed by atoms with Crippen LogP contribution >= 0.6 is 0 Å². The van der Waals surface area contributed by atoms with Gasteiger partial charge in [-0.25, -0.2) is 8.42 Å². The molecule has 0 bridgehead atoms. The average molecular weight is 432 g/mol. The fourth-order valence-electron chi connectivity index (χ4n) is 4.33. The molecule has 0 amide bonds. The van der Waals surface area contributed by atoms with E-state index in [4.69, 9.17) is 0 Å². The monoisotopic (exact) mass is 431 g/mol. The van der Waals surface area contributed by atoms with E-state index < -0.39 is 31.1 Å². The van der Waals surface area contributed by atoms with Gasteiger partial charge in [0.15, 0.2) is 0 Å². The van der Waals surface area contributed by atoms with E-state index in [2.05, 4.69) is 4.90 Å². The summed E-state index contributed by atoms with van der Waals surface area (Å²) in [6.45, 7) is 3.91. The summed E-state index contributed by atoms with van der Waals surface area (Å²) < 4.78 is 49.0. The second kappa shape index (κ2) is 9.34. The molecule has 29 heavy (non-hydrogen) atoms. The van der Waals surface area contributed by atoms with Gasteiger partial charge < -0.3 is 9.80 Å². The van der Waals surface area contributed by atoms with E-state index in [0.29, 0.717) is 19.0 Å². The second-order valence-corrected chi connectivity index (χ2v) is 9.78. The summed E-state index contributed by atoms with van der Waals surface area (Å²) in [7, 11) is -4.88. The first kappa shape index (κ1) is 21.9. The van der Waals surface area contributed by atoms with E-state index in [9.17, 15) is 27.3 Å². The van der Waals surface area contributed by atoms with Crippen LogP contribution in [0.3, 0.4) is 0 Å². The number of halogens is 2. The van der Waals surface area contributed by atoms with Crippen LogP contribution in [0.25, 0.3) is 0 Å². The van der Waals surface area contributed by atoms with E-state index in [-0.39, 0.29) is 5.69 Å². The van der Waals surface area contributed by atoms with E-state index in [1.165, 1.54) is 38.2 Å². The molecule has 0 spiro atoms. The Kier molecular flexibility index (Phi) is 7.05. The molecule has 1 heterocycles. The van der Waals surface area contributed by atoms with Crippen molar-refractivity contribution in [3.63, 3.8) is 0 Å². The molecule has 3 rings (SSSR count). The van der Waals surface area contributed by atoms with Gasteiger partial charge in [0.25, 0.3) is 5.69 Å². The van der Waals surface area contributed by atoms with Crippen LogP contribution in [0, 0.1) is 16.0 Å². The number of benzene rings is 1. The molecule has 10 heteroatoms. The molecule has 1 aliphatic heterocycles. The lowest BCUT2D eigenvalue weighted by molar-refractivity contribution is -0.384. The second-order valence-electron chi connectivity index (χ2n) is 7.86. The van der Waals surface area contributed by atoms with Crippen molar-refractivity contribution < 1.29 is 22.1 Å². The number of sulfone groups is 1. The number of rotatable bonds is 6. The van der Waals surface area contributed by atoms with Crippen molar-refractivity contribution >= 4 is 21.2 Å². The van der Waals surface area contributed by atoms with Gasteiger partial charge in [-0.05, 0) is 43.9 Å². The molecule has 0 N–H and O–H groups in total. The van der Waals surface area contributed by atoms with Crippen molar-refractivity contribution in [1.82, 2.24) is 4.90 Å². The third kappa shape index (κ3) is 5.22. The van der Waals surface area contributed by atoms with Crippen molar-refractivity contribution in [3.05, 3.63) is 28.3 Å². The van der Waals surface area contributed by atoms with Gasteiger partial charge in [0.1, 0.15) is 5.69 Å². The molecule has 0 radical (unpaired) electrons. The zero-order valence-electron chi connectivity index (χ0n) is 16.3. The van der Waals surface area contributed by atoms with Gasteiger partial charge >= 0.3 is 5.76 Å². The first-order valence-electron chi connectivity index (χ1n) is 10.1. The smallest absolute Gasteiger partial charge is 0.341 e. The number of hydrogen-bond donors (Lipinski definition) is 0. The highest BCUT2D eigenvalue weighted by atomic mass is 32.2. The number of hydrogen-bond acceptors (Lipinski definition) is 6. The van der Waals surface area contributed by atoms with Gasteiger partial charge in [0, 0.05) is 32.2 Å². The number of nitrogens with zero attached hydrogens (tertiary/aromatic N) is 3. The molecule has 1 aliphatic carbocycles. The molecule has 2 aliphatic rings. The Balaban J connectivity index is 1.75. The summed E-state index contributed by atoms with van der Waals surface area (Å²) in [5.74, 6) is -2.90. The molecule has 7 nitrogen and oxygen atoms in total. The van der Waals surface area contributed by atoms with Crippen LogP contribution in [0.4, 0.5) is 20.2 Å². The quantitative estimate of drug-likeness (QED) is 0.505. The molecule has 162 valence electrons. The predicted molar refractivity (Wildman–Crippen MR) is 106 cm³/mol. The summed E-state index contributed by atoms with van der Waals surface area (Å²) in [5.41, 5.74) is -0.171. The van der Waals surface area contributed by atoms with E-state index in [0.717, 1.165) is 38.2 Å². The summed E-state index contributed by atoms with van der Waals surface area (Å²) in [5, 5.41) is 11.5. The zero-order valence-corrected chi connectivity index (χ0v) is 17.1. The van der Waals surface area contributed by atoms with Crippen LogP contribution in [-0.4, -0.2) is 56.7 Å². The van der Waals surface area contributed by atoms with Crippen LogP contribution in [0.5, 0.6) is 0 Å². The topological polar surface area (TPSA) is 83.8 Å². The summed E-state index contributed by atoms with van der Waals surface area (Å²) in [4.78, 5) is 14.3. The van der Waals surface area contributed by atoms with Crippen LogP contribution in [0.1, 0.15) is 38.5 Å². The standard InChI is InChI=1S/C19H27F2N3O4S/c20-19(21)29(27,28)16-7-8-17(18(13-16)24(25)26)23-10-4-9-22(11-12-23)14-15-5-2-1-3-6-15/h7-8,13,15,19H,1-6,9-12,14H2. The summed E-state index contributed by atoms with van der Waals surface area (Å²) in [6, 6.07) is 3.07. The maximum atomic E-state index is 12.8. The molecule has 1 saturated carbocycles. The molecule has 1 aromatic rings. The highest BCUT2D eigenvalue weighted by molar-refractivity contribution is 7.91. The van der Waals surface area contributed by atoms with Crippen LogP contribution in [0.15, 0.2) is 23.1 Å². The molecule has 1 saturated heterocycles. The lowest BCUT2D eigenvalue weighted by Gasteiger charge is -2.29. The first-order valence-corrected chi connectivity index (χ1v) is 11.6. The van der Waals surface area contributed by atoms with Gasteiger partial charge in [-0.2, -0.15) is 8.78 Å². The number of nitro groups is 1. The van der Waals surface area contributed by atoms with Crippen molar-refractivity contribution in [2.45, 2.75) is 49.2 Å². The zero-order chi connectivity index (χ0) is 21.0. The number of nitro benzene ring substituents is 1. The third-order valence-electron chi connectivity index (χ3n) is 5.88. The Morgan fingerprint density at radius 3 is 2.45 bits per heavy atom. The van der Waals surface area contributed by atoms with Crippen molar-refractivity contribution in [2.24, 2.45) is 5.92 Å². The van der Waals surface area contributed by atoms with E-state index >= 15 is 0 Å². The Hall–Kier alpha value is -1.81. The van der Waals surface area contributed by atoms with Crippen LogP contribution < -0.4 is 4.90 Å². The minimum Gasteiger partial charge on any atom is -0.365 e. The SMILES string of the molecule is O=[N+]([O-])c1cc(S(=O)(=O)C(F)F)ccc1N1CCCN(CC2CCCCC2)CC1. The largest absolute Gasteiger partial charge is 0.365 e. The summed E-state index contributed by atoms with van der Waals surface area (Å²) >= 11 is 0. The number of anilines is 1. The Bertz CT molecular complexity index is 829. The predicted octanol–water partition coefficient (Wildman–Crippen LogP) is 3.68. The van der Waals surface area contributed by atoms with Gasteiger partial charge in [-0.3, -0.25) is 10.1 Å². The first-order chi connectivity index (χ1) is 13.8. The molecular formula is C19H27F2N3O4S. The van der Waals surface area contributed by atoms with Gasteiger partial charge in [0.2, 0.25) is 9.84 Å². The van der Waals surface area contributed by atoms with Gasteiger partial charge in [-0.15, -0.1) is 0 Å². The highest BCUT2D eigenvalue weighted by Crippen LogP contribution is 2.33. The van der Waals surface area contributed by atoms with Gasteiger partial charge in [0.05, 0.1) is 9.82 Å². The Morgan fingerprint density at radius 1 is 1.07 bits per heavy atom. The Labute approximate surface area is 169 Å². The average Bonchev–Trinajstić information content (AvgIpc) is 2.93. The van der Waals surface area contributed by atoms with Crippen LogP contribution in [0.2, 0.25) is 0 Å². The van der Waals surface area contributed by atoms with Crippen molar-refractivity contribution in [1.29, 1.82) is 0 Å². The highest BCUT2D eigenvalue weighted by Gasteiger charge is 2.31. The third-order valence-corrected chi connectivity index (χ3v) is 7.26. The van der Waals surface area contributed by atoms with Crippen LogP contribution in [-0.2, 0) is 9.84 Å². The molecule has 1 aromatic carbocycles. The minimum absolute atomic E-state index is 0.280.